The second kappa shape index (κ2) is 8.46. The quantitative estimate of drug-likeness (QED) is 0.873. The molecular formula is C19H24N4O2. The third-order valence-corrected chi connectivity index (χ3v) is 4.43. The molecule has 1 fully saturated rings. The van der Waals surface area contributed by atoms with Gasteiger partial charge < -0.3 is 15.0 Å². The van der Waals surface area contributed by atoms with E-state index in [-0.39, 0.29) is 11.9 Å². The molecule has 1 atom stereocenters. The molecule has 1 aliphatic heterocycles. The molecule has 3 rings (SSSR count). The highest BCUT2D eigenvalue weighted by Gasteiger charge is 2.21. The molecule has 0 aliphatic carbocycles. The lowest BCUT2D eigenvalue weighted by Gasteiger charge is -2.35. The van der Waals surface area contributed by atoms with Crippen molar-refractivity contribution in [3.8, 4) is 5.75 Å². The van der Waals surface area contributed by atoms with Gasteiger partial charge >= 0.3 is 0 Å². The van der Waals surface area contributed by atoms with Crippen LogP contribution in [-0.4, -0.2) is 42.1 Å². The first-order valence-corrected chi connectivity index (χ1v) is 8.68. The fourth-order valence-electron chi connectivity index (χ4n) is 3.14. The molecule has 25 heavy (non-hydrogen) atoms. The number of ether oxygens (including phenoxy) is 1. The maximum Gasteiger partial charge on any atom is 0.220 e. The van der Waals surface area contributed by atoms with E-state index in [1.54, 1.807) is 25.7 Å². The minimum absolute atomic E-state index is 0.0724. The molecule has 6 heteroatoms. The van der Waals surface area contributed by atoms with Crippen LogP contribution in [0.1, 0.15) is 25.0 Å². The third-order valence-electron chi connectivity index (χ3n) is 4.43. The number of amides is 1. The second-order valence-electron chi connectivity index (χ2n) is 6.25. The van der Waals surface area contributed by atoms with Crippen LogP contribution in [0.4, 0.5) is 5.69 Å². The van der Waals surface area contributed by atoms with Crippen molar-refractivity contribution in [1.82, 2.24) is 15.3 Å². The zero-order valence-corrected chi connectivity index (χ0v) is 14.5. The number of carbonyl (C=O) groups excluding carboxylic acids is 1. The van der Waals surface area contributed by atoms with Crippen LogP contribution in [0.2, 0.25) is 0 Å². The molecule has 1 saturated heterocycles. The van der Waals surface area contributed by atoms with Crippen LogP contribution in [0, 0.1) is 0 Å². The number of aryl methyl sites for hydroxylation is 1. The van der Waals surface area contributed by atoms with Crippen LogP contribution < -0.4 is 15.0 Å². The molecule has 0 unspecified atom stereocenters. The number of methoxy groups -OCH3 is 1. The number of benzene rings is 1. The number of hydrogen-bond donors (Lipinski definition) is 1. The van der Waals surface area contributed by atoms with Gasteiger partial charge in [0.2, 0.25) is 5.91 Å². The van der Waals surface area contributed by atoms with E-state index in [1.165, 1.54) is 0 Å². The average Bonchev–Trinajstić information content (AvgIpc) is 2.67. The number of aromatic nitrogens is 2. The molecule has 1 aromatic heterocycles. The van der Waals surface area contributed by atoms with E-state index in [0.717, 1.165) is 43.1 Å². The summed E-state index contributed by atoms with van der Waals surface area (Å²) in [5.74, 6) is 0.927. The smallest absolute Gasteiger partial charge is 0.220 e. The van der Waals surface area contributed by atoms with E-state index in [9.17, 15) is 4.79 Å². The highest BCUT2D eigenvalue weighted by atomic mass is 16.5. The minimum atomic E-state index is 0.0724. The standard InChI is InChI=1S/C19H24N4O2/c1-25-18-6-2-5-17(12-18)23-11-3-4-16(14-23)22-19(24)8-7-15-13-20-9-10-21-15/h2,5-6,9-10,12-13,16H,3-4,7-8,11,14H2,1H3,(H,22,24)/t16-/m1/s1. The van der Waals surface area contributed by atoms with Crippen LogP contribution in [-0.2, 0) is 11.2 Å². The third kappa shape index (κ3) is 4.92. The Labute approximate surface area is 148 Å². The summed E-state index contributed by atoms with van der Waals surface area (Å²) >= 11 is 0. The summed E-state index contributed by atoms with van der Waals surface area (Å²) in [6.45, 7) is 1.82. The Morgan fingerprint density at radius 1 is 1.40 bits per heavy atom. The van der Waals surface area contributed by atoms with Gasteiger partial charge in [-0.15, -0.1) is 0 Å². The first-order valence-electron chi connectivity index (χ1n) is 8.68. The van der Waals surface area contributed by atoms with Crippen molar-refractivity contribution in [3.05, 3.63) is 48.5 Å². The summed E-state index contributed by atoms with van der Waals surface area (Å²) < 4.78 is 5.30. The summed E-state index contributed by atoms with van der Waals surface area (Å²) in [5.41, 5.74) is 1.98. The summed E-state index contributed by atoms with van der Waals surface area (Å²) in [7, 11) is 1.68. The Bertz CT molecular complexity index is 693. The van der Waals surface area contributed by atoms with Crippen molar-refractivity contribution in [2.24, 2.45) is 0 Å². The number of carbonyl (C=O) groups is 1. The van der Waals surface area contributed by atoms with Gasteiger partial charge in [0.15, 0.2) is 0 Å². The van der Waals surface area contributed by atoms with Gasteiger partial charge in [0.25, 0.3) is 0 Å². The van der Waals surface area contributed by atoms with Gasteiger partial charge in [0.05, 0.1) is 12.8 Å². The van der Waals surface area contributed by atoms with Crippen LogP contribution in [0.3, 0.4) is 0 Å². The van der Waals surface area contributed by atoms with Crippen molar-refractivity contribution < 1.29 is 9.53 Å². The maximum atomic E-state index is 12.2. The number of rotatable bonds is 6. The van der Waals surface area contributed by atoms with Gasteiger partial charge in [-0.05, 0) is 31.4 Å². The lowest BCUT2D eigenvalue weighted by atomic mass is 10.0. The predicted octanol–water partition coefficient (Wildman–Crippen LogP) is 2.20. The molecule has 1 aromatic carbocycles. The fourth-order valence-corrected chi connectivity index (χ4v) is 3.14. The number of anilines is 1. The van der Waals surface area contributed by atoms with Crippen LogP contribution >= 0.6 is 0 Å². The lowest BCUT2D eigenvalue weighted by Crippen LogP contribution is -2.47. The first-order chi connectivity index (χ1) is 12.2. The zero-order chi connectivity index (χ0) is 17.5. The lowest BCUT2D eigenvalue weighted by molar-refractivity contribution is -0.121. The van der Waals surface area contributed by atoms with Crippen molar-refractivity contribution in [2.45, 2.75) is 31.7 Å². The Hall–Kier alpha value is -2.63. The van der Waals surface area contributed by atoms with E-state index in [2.05, 4.69) is 26.3 Å². The predicted molar refractivity (Wildman–Crippen MR) is 96.7 cm³/mol. The zero-order valence-electron chi connectivity index (χ0n) is 14.5. The number of nitrogens with zero attached hydrogens (tertiary/aromatic N) is 3. The molecule has 0 bridgehead atoms. The fraction of sp³-hybridized carbons (Fsp3) is 0.421. The van der Waals surface area contributed by atoms with Crippen LogP contribution in [0.15, 0.2) is 42.9 Å². The maximum absolute atomic E-state index is 12.2. The molecule has 0 saturated carbocycles. The van der Waals surface area contributed by atoms with E-state index < -0.39 is 0 Å². The average molecular weight is 340 g/mol. The van der Waals surface area contributed by atoms with E-state index in [0.29, 0.717) is 12.8 Å². The van der Waals surface area contributed by atoms with Gasteiger partial charge in [-0.25, -0.2) is 0 Å². The summed E-state index contributed by atoms with van der Waals surface area (Å²) in [6.07, 6.45) is 8.13. The van der Waals surface area contributed by atoms with Gasteiger partial charge in [-0.3, -0.25) is 14.8 Å². The molecule has 0 radical (unpaired) electrons. The molecule has 1 aliphatic rings. The largest absolute Gasteiger partial charge is 0.497 e. The molecule has 6 nitrogen and oxygen atoms in total. The molecular weight excluding hydrogens is 316 g/mol. The topological polar surface area (TPSA) is 67.3 Å². The van der Waals surface area contributed by atoms with Crippen LogP contribution in [0.5, 0.6) is 5.75 Å². The van der Waals surface area contributed by atoms with E-state index in [4.69, 9.17) is 4.74 Å². The Balaban J connectivity index is 1.51. The van der Waals surface area contributed by atoms with Crippen LogP contribution in [0.25, 0.3) is 0 Å². The van der Waals surface area contributed by atoms with Gasteiger partial charge in [-0.2, -0.15) is 0 Å². The minimum Gasteiger partial charge on any atom is -0.497 e. The van der Waals surface area contributed by atoms with Crippen molar-refractivity contribution in [1.29, 1.82) is 0 Å². The highest BCUT2D eigenvalue weighted by Crippen LogP contribution is 2.24. The monoisotopic (exact) mass is 340 g/mol. The van der Waals surface area contributed by atoms with Crippen molar-refractivity contribution in [3.63, 3.8) is 0 Å². The van der Waals surface area contributed by atoms with Gasteiger partial charge in [-0.1, -0.05) is 6.07 Å². The molecule has 2 aromatic rings. The second-order valence-corrected chi connectivity index (χ2v) is 6.25. The van der Waals surface area contributed by atoms with E-state index in [1.807, 2.05) is 18.2 Å². The number of piperidine rings is 1. The van der Waals surface area contributed by atoms with Crippen molar-refractivity contribution in [2.75, 3.05) is 25.1 Å². The van der Waals surface area contributed by atoms with Crippen molar-refractivity contribution >= 4 is 11.6 Å². The van der Waals surface area contributed by atoms with E-state index >= 15 is 0 Å². The summed E-state index contributed by atoms with van der Waals surface area (Å²) in [6, 6.07) is 8.24. The molecule has 1 amide bonds. The molecule has 0 spiro atoms. The normalized spacial score (nSPS) is 17.2. The number of nitrogens with one attached hydrogen (secondary N) is 1. The summed E-state index contributed by atoms with van der Waals surface area (Å²) in [4.78, 5) is 22.8. The van der Waals surface area contributed by atoms with Gasteiger partial charge in [0.1, 0.15) is 5.75 Å². The Morgan fingerprint density at radius 2 is 2.32 bits per heavy atom. The first kappa shape index (κ1) is 17.2. The molecule has 1 N–H and O–H groups in total. The highest BCUT2D eigenvalue weighted by molar-refractivity contribution is 5.76. The molecule has 2 heterocycles. The number of hydrogen-bond acceptors (Lipinski definition) is 5. The molecule has 132 valence electrons. The SMILES string of the molecule is COc1cccc(N2CCC[C@@H](NC(=O)CCc3cnccn3)C2)c1. The Kier molecular flexibility index (Phi) is 5.82. The van der Waals surface area contributed by atoms with Gasteiger partial charge in [0, 0.05) is 55.9 Å². The summed E-state index contributed by atoms with van der Waals surface area (Å²) in [5, 5.41) is 3.16. The Morgan fingerprint density at radius 3 is 3.12 bits per heavy atom.